The lowest BCUT2D eigenvalue weighted by atomic mass is 9.86. The van der Waals surface area contributed by atoms with Crippen molar-refractivity contribution in [2.24, 2.45) is 17.6 Å². The second-order valence-electron chi connectivity index (χ2n) is 3.55. The topological polar surface area (TPSA) is 26.0 Å². The summed E-state index contributed by atoms with van der Waals surface area (Å²) in [5.74, 6) is 1.59. The van der Waals surface area contributed by atoms with Gasteiger partial charge in [-0.25, -0.2) is 0 Å². The molecule has 0 fully saturated rings. The summed E-state index contributed by atoms with van der Waals surface area (Å²) in [5.41, 5.74) is 5.63. The van der Waals surface area contributed by atoms with Gasteiger partial charge in [0, 0.05) is 0 Å². The molecule has 1 unspecified atom stereocenters. The minimum Gasteiger partial charge on any atom is -0.330 e. The molecule has 11 heavy (non-hydrogen) atoms. The molecule has 0 spiro atoms. The second-order valence-corrected chi connectivity index (χ2v) is 3.55. The molecule has 68 valence electrons. The van der Waals surface area contributed by atoms with Crippen molar-refractivity contribution < 1.29 is 0 Å². The molecule has 1 heteroatoms. The Morgan fingerprint density at radius 3 is 1.82 bits per heavy atom. The number of nitrogens with two attached hydrogens (primary N) is 1. The first kappa shape index (κ1) is 11.0. The summed E-state index contributed by atoms with van der Waals surface area (Å²) in [7, 11) is 0. The van der Waals surface area contributed by atoms with E-state index < -0.39 is 0 Å². The molecule has 0 saturated heterocycles. The third kappa shape index (κ3) is 4.41. The maximum absolute atomic E-state index is 5.63. The Kier molecular flexibility index (Phi) is 6.63. The van der Waals surface area contributed by atoms with Crippen molar-refractivity contribution in [2.45, 2.75) is 46.5 Å². The van der Waals surface area contributed by atoms with Gasteiger partial charge in [0.2, 0.25) is 0 Å². The Labute approximate surface area is 71.4 Å². The quantitative estimate of drug-likeness (QED) is 0.630. The van der Waals surface area contributed by atoms with Crippen LogP contribution in [0.4, 0.5) is 0 Å². The minimum atomic E-state index is 0.717. The summed E-state index contributed by atoms with van der Waals surface area (Å²) < 4.78 is 0. The third-order valence-corrected chi connectivity index (χ3v) is 2.50. The second kappa shape index (κ2) is 6.66. The van der Waals surface area contributed by atoms with Crippen LogP contribution in [0, 0.1) is 11.8 Å². The molecular formula is C10H23N. The maximum Gasteiger partial charge on any atom is -0.00489 e. The average Bonchev–Trinajstić information content (AvgIpc) is 2.03. The van der Waals surface area contributed by atoms with Crippen LogP contribution in [-0.2, 0) is 0 Å². The Hall–Kier alpha value is -0.0400. The fourth-order valence-electron chi connectivity index (χ4n) is 1.65. The van der Waals surface area contributed by atoms with Crippen LogP contribution >= 0.6 is 0 Å². The van der Waals surface area contributed by atoms with Crippen molar-refractivity contribution >= 4 is 0 Å². The first-order chi connectivity index (χ1) is 5.26. The summed E-state index contributed by atoms with van der Waals surface area (Å²) in [4.78, 5) is 0. The van der Waals surface area contributed by atoms with Gasteiger partial charge in [-0.15, -0.1) is 0 Å². The molecule has 2 N–H and O–H groups in total. The Morgan fingerprint density at radius 2 is 1.55 bits per heavy atom. The first-order valence-corrected chi connectivity index (χ1v) is 4.96. The molecule has 0 rings (SSSR count). The zero-order valence-corrected chi connectivity index (χ0v) is 8.27. The van der Waals surface area contributed by atoms with Gasteiger partial charge >= 0.3 is 0 Å². The van der Waals surface area contributed by atoms with Crippen LogP contribution in [0.5, 0.6) is 0 Å². The molecule has 0 amide bonds. The predicted octanol–water partition coefficient (Wildman–Crippen LogP) is 2.80. The van der Waals surface area contributed by atoms with E-state index >= 15 is 0 Å². The molecule has 0 radical (unpaired) electrons. The van der Waals surface area contributed by atoms with Crippen molar-refractivity contribution in [3.63, 3.8) is 0 Å². The highest BCUT2D eigenvalue weighted by Gasteiger charge is 2.13. The van der Waals surface area contributed by atoms with Gasteiger partial charge in [-0.3, -0.25) is 0 Å². The third-order valence-electron chi connectivity index (χ3n) is 2.50. The highest BCUT2D eigenvalue weighted by atomic mass is 14.5. The molecule has 0 aliphatic rings. The van der Waals surface area contributed by atoms with E-state index in [1.54, 1.807) is 0 Å². The Morgan fingerprint density at radius 1 is 1.09 bits per heavy atom. The standard InChI is InChI=1S/C10H23N/c1-4-6-10(7-5-2)9(3)8-11/h9-10H,4-8,11H2,1-3H3. The van der Waals surface area contributed by atoms with Crippen LogP contribution in [0.25, 0.3) is 0 Å². The molecular weight excluding hydrogens is 134 g/mol. The van der Waals surface area contributed by atoms with E-state index in [1.807, 2.05) is 0 Å². The fourth-order valence-corrected chi connectivity index (χ4v) is 1.65. The summed E-state index contributed by atoms with van der Waals surface area (Å²) in [6.07, 6.45) is 5.31. The first-order valence-electron chi connectivity index (χ1n) is 4.96. The molecule has 0 bridgehead atoms. The number of hydrogen-bond acceptors (Lipinski definition) is 1. The molecule has 0 saturated carbocycles. The van der Waals surface area contributed by atoms with Crippen LogP contribution in [0.1, 0.15) is 46.5 Å². The monoisotopic (exact) mass is 157 g/mol. The molecule has 0 aromatic rings. The Bertz CT molecular complexity index is 74.9. The average molecular weight is 157 g/mol. The number of hydrogen-bond donors (Lipinski definition) is 1. The van der Waals surface area contributed by atoms with Gasteiger partial charge in [-0.1, -0.05) is 46.5 Å². The SMILES string of the molecule is CCCC(CCC)C(C)CN. The summed E-state index contributed by atoms with van der Waals surface area (Å²) >= 11 is 0. The van der Waals surface area contributed by atoms with Gasteiger partial charge in [-0.2, -0.15) is 0 Å². The summed E-state index contributed by atoms with van der Waals surface area (Å²) in [5, 5.41) is 0. The van der Waals surface area contributed by atoms with Crippen molar-refractivity contribution in [1.82, 2.24) is 0 Å². The molecule has 0 aromatic carbocycles. The molecule has 0 heterocycles. The van der Waals surface area contributed by atoms with Gasteiger partial charge in [-0.05, 0) is 18.4 Å². The zero-order valence-electron chi connectivity index (χ0n) is 8.27. The van der Waals surface area contributed by atoms with Crippen LogP contribution < -0.4 is 5.73 Å². The van der Waals surface area contributed by atoms with Gasteiger partial charge in [0.1, 0.15) is 0 Å². The molecule has 0 aliphatic heterocycles. The smallest absolute Gasteiger partial charge is 0.00489 e. The molecule has 0 aromatic heterocycles. The summed E-state index contributed by atoms with van der Waals surface area (Å²) in [6.45, 7) is 7.64. The highest BCUT2D eigenvalue weighted by molar-refractivity contribution is 4.66. The largest absolute Gasteiger partial charge is 0.330 e. The lowest BCUT2D eigenvalue weighted by Gasteiger charge is -2.21. The van der Waals surface area contributed by atoms with Crippen LogP contribution in [0.2, 0.25) is 0 Å². The lowest BCUT2D eigenvalue weighted by Crippen LogP contribution is -2.20. The Balaban J connectivity index is 3.66. The zero-order chi connectivity index (χ0) is 8.69. The van der Waals surface area contributed by atoms with E-state index in [4.69, 9.17) is 5.73 Å². The van der Waals surface area contributed by atoms with E-state index in [2.05, 4.69) is 20.8 Å². The van der Waals surface area contributed by atoms with Crippen LogP contribution in [0.3, 0.4) is 0 Å². The van der Waals surface area contributed by atoms with E-state index in [0.29, 0.717) is 0 Å². The minimum absolute atomic E-state index is 0.717. The van der Waals surface area contributed by atoms with Gasteiger partial charge in [0.15, 0.2) is 0 Å². The lowest BCUT2D eigenvalue weighted by molar-refractivity contribution is 0.316. The van der Waals surface area contributed by atoms with Gasteiger partial charge < -0.3 is 5.73 Å². The number of rotatable bonds is 6. The van der Waals surface area contributed by atoms with Crippen LogP contribution in [-0.4, -0.2) is 6.54 Å². The van der Waals surface area contributed by atoms with Crippen molar-refractivity contribution in [3.8, 4) is 0 Å². The van der Waals surface area contributed by atoms with Gasteiger partial charge in [0.05, 0.1) is 0 Å². The maximum atomic E-state index is 5.63. The van der Waals surface area contributed by atoms with Crippen molar-refractivity contribution in [3.05, 3.63) is 0 Å². The highest BCUT2D eigenvalue weighted by Crippen LogP contribution is 2.21. The molecule has 1 atom stereocenters. The van der Waals surface area contributed by atoms with E-state index in [1.165, 1.54) is 25.7 Å². The normalized spacial score (nSPS) is 13.9. The van der Waals surface area contributed by atoms with E-state index in [-0.39, 0.29) is 0 Å². The molecule has 0 aliphatic carbocycles. The predicted molar refractivity (Wildman–Crippen MR) is 51.5 cm³/mol. The van der Waals surface area contributed by atoms with E-state index in [0.717, 1.165) is 18.4 Å². The van der Waals surface area contributed by atoms with Crippen molar-refractivity contribution in [2.75, 3.05) is 6.54 Å². The van der Waals surface area contributed by atoms with E-state index in [9.17, 15) is 0 Å². The van der Waals surface area contributed by atoms with Crippen LogP contribution in [0.15, 0.2) is 0 Å². The fraction of sp³-hybridized carbons (Fsp3) is 1.00. The van der Waals surface area contributed by atoms with Crippen molar-refractivity contribution in [1.29, 1.82) is 0 Å². The van der Waals surface area contributed by atoms with Gasteiger partial charge in [0.25, 0.3) is 0 Å². The molecule has 1 nitrogen and oxygen atoms in total. The summed E-state index contributed by atoms with van der Waals surface area (Å²) in [6, 6.07) is 0.